The Labute approximate surface area is 139 Å². The Balaban J connectivity index is 1.57. The van der Waals surface area contributed by atoms with Crippen molar-refractivity contribution in [2.45, 2.75) is 31.9 Å². The van der Waals surface area contributed by atoms with Crippen molar-refractivity contribution in [2.24, 2.45) is 0 Å². The molecule has 2 N–H and O–H groups in total. The van der Waals surface area contributed by atoms with Crippen LogP contribution in [-0.2, 0) is 14.3 Å². The van der Waals surface area contributed by atoms with E-state index in [0.717, 1.165) is 16.3 Å². The lowest BCUT2D eigenvalue weighted by atomic mass is 10.0. The van der Waals surface area contributed by atoms with Gasteiger partial charge in [-0.05, 0) is 35.7 Å². The van der Waals surface area contributed by atoms with E-state index in [4.69, 9.17) is 4.74 Å². The topological polar surface area (TPSA) is 84.5 Å². The second kappa shape index (κ2) is 6.70. The number of urea groups is 1. The molecule has 6 heteroatoms. The molecule has 2 atom stereocenters. The number of esters is 1. The Hall–Kier alpha value is -2.89. The molecular weight excluding hydrogens is 308 g/mol. The van der Waals surface area contributed by atoms with Gasteiger partial charge < -0.3 is 10.1 Å². The molecular formula is C18H18N2O4. The zero-order valence-electron chi connectivity index (χ0n) is 13.2. The summed E-state index contributed by atoms with van der Waals surface area (Å²) in [6, 6.07) is 12.7. The number of benzene rings is 2. The van der Waals surface area contributed by atoms with Crippen LogP contribution >= 0.6 is 0 Å². The minimum atomic E-state index is -0.666. The van der Waals surface area contributed by atoms with Crippen LogP contribution in [0.25, 0.3) is 10.8 Å². The summed E-state index contributed by atoms with van der Waals surface area (Å²) in [5.74, 6) is -0.806. The van der Waals surface area contributed by atoms with Crippen LogP contribution in [0.3, 0.4) is 0 Å². The predicted octanol–water partition coefficient (Wildman–Crippen LogP) is 2.43. The molecule has 3 amide bonds. The highest BCUT2D eigenvalue weighted by Crippen LogP contribution is 2.23. The molecule has 3 rings (SSSR count). The number of fused-ring (bicyclic) bond motifs is 1. The van der Waals surface area contributed by atoms with Gasteiger partial charge in [0.05, 0.1) is 0 Å². The second-order valence-corrected chi connectivity index (χ2v) is 5.79. The third-order valence-corrected chi connectivity index (χ3v) is 4.05. The number of ether oxygens (including phenoxy) is 1. The van der Waals surface area contributed by atoms with Crippen molar-refractivity contribution in [3.63, 3.8) is 0 Å². The van der Waals surface area contributed by atoms with Crippen molar-refractivity contribution in [3.8, 4) is 0 Å². The van der Waals surface area contributed by atoms with Crippen LogP contribution in [0.4, 0.5) is 4.79 Å². The molecule has 1 heterocycles. The molecule has 0 unspecified atom stereocenters. The number of nitrogens with one attached hydrogen (secondary N) is 2. The van der Waals surface area contributed by atoms with Crippen LogP contribution < -0.4 is 10.6 Å². The fourth-order valence-electron chi connectivity index (χ4n) is 2.71. The number of hydrogen-bond acceptors (Lipinski definition) is 4. The molecule has 2 aromatic rings. The van der Waals surface area contributed by atoms with Crippen molar-refractivity contribution < 1.29 is 19.1 Å². The number of carbonyl (C=O) groups excluding carboxylic acids is 3. The van der Waals surface area contributed by atoms with Crippen LogP contribution in [0.2, 0.25) is 0 Å². The monoisotopic (exact) mass is 326 g/mol. The molecule has 0 aromatic heterocycles. The average molecular weight is 326 g/mol. The molecule has 1 aliphatic rings. The van der Waals surface area contributed by atoms with E-state index in [1.165, 1.54) is 0 Å². The van der Waals surface area contributed by atoms with Gasteiger partial charge in [-0.3, -0.25) is 14.9 Å². The first-order chi connectivity index (χ1) is 11.5. The summed E-state index contributed by atoms with van der Waals surface area (Å²) < 4.78 is 5.42. The van der Waals surface area contributed by atoms with E-state index >= 15 is 0 Å². The number of amides is 3. The summed E-state index contributed by atoms with van der Waals surface area (Å²) in [7, 11) is 0. The van der Waals surface area contributed by atoms with Gasteiger partial charge in [0.1, 0.15) is 12.1 Å². The summed E-state index contributed by atoms with van der Waals surface area (Å²) in [5, 5.41) is 6.80. The smallest absolute Gasteiger partial charge is 0.322 e. The molecule has 124 valence electrons. The Morgan fingerprint density at radius 2 is 1.92 bits per heavy atom. The summed E-state index contributed by atoms with van der Waals surface area (Å²) in [6.45, 7) is 1.81. The van der Waals surface area contributed by atoms with Crippen LogP contribution in [0, 0.1) is 0 Å². The Bertz CT molecular complexity index is 802. The summed E-state index contributed by atoms with van der Waals surface area (Å²) in [6.07, 6.45) is -0.0916. The molecule has 0 aliphatic carbocycles. The summed E-state index contributed by atoms with van der Waals surface area (Å²) >= 11 is 0. The normalized spacial score (nSPS) is 18.1. The van der Waals surface area contributed by atoms with E-state index < -0.39 is 23.9 Å². The van der Waals surface area contributed by atoms with Gasteiger partial charge in [0.15, 0.2) is 0 Å². The molecule has 1 aliphatic heterocycles. The number of hydrogen-bond donors (Lipinski definition) is 2. The van der Waals surface area contributed by atoms with Crippen LogP contribution in [0.5, 0.6) is 0 Å². The van der Waals surface area contributed by atoms with Gasteiger partial charge in [-0.2, -0.15) is 0 Å². The SMILES string of the molecule is C[C@@H](OC(=O)CC[C@@H]1NC(=O)NC1=O)c1ccc2ccccc2c1. The first kappa shape index (κ1) is 16.0. The second-order valence-electron chi connectivity index (χ2n) is 5.79. The molecule has 2 aromatic carbocycles. The molecule has 1 fully saturated rings. The number of rotatable bonds is 5. The van der Waals surface area contributed by atoms with Gasteiger partial charge in [-0.15, -0.1) is 0 Å². The lowest BCUT2D eigenvalue weighted by Gasteiger charge is -2.15. The highest BCUT2D eigenvalue weighted by atomic mass is 16.5. The van der Waals surface area contributed by atoms with Crippen molar-refractivity contribution in [1.82, 2.24) is 10.6 Å². The first-order valence-corrected chi connectivity index (χ1v) is 7.82. The van der Waals surface area contributed by atoms with Crippen molar-refractivity contribution >= 4 is 28.7 Å². The first-order valence-electron chi connectivity index (χ1n) is 7.82. The maximum absolute atomic E-state index is 12.0. The zero-order chi connectivity index (χ0) is 17.1. The molecule has 0 bridgehead atoms. The summed E-state index contributed by atoms with van der Waals surface area (Å²) in [5.41, 5.74) is 0.911. The van der Waals surface area contributed by atoms with Crippen molar-refractivity contribution in [1.29, 1.82) is 0 Å². The molecule has 6 nitrogen and oxygen atoms in total. The van der Waals surface area contributed by atoms with Gasteiger partial charge in [0.25, 0.3) is 5.91 Å². The van der Waals surface area contributed by atoms with E-state index in [1.54, 1.807) is 0 Å². The number of carbonyl (C=O) groups is 3. The lowest BCUT2D eigenvalue weighted by Crippen LogP contribution is -2.29. The highest BCUT2D eigenvalue weighted by molar-refractivity contribution is 6.04. The van der Waals surface area contributed by atoms with Gasteiger partial charge in [-0.25, -0.2) is 4.79 Å². The van der Waals surface area contributed by atoms with Gasteiger partial charge in [-0.1, -0.05) is 36.4 Å². The third kappa shape index (κ3) is 3.53. The summed E-state index contributed by atoms with van der Waals surface area (Å²) in [4.78, 5) is 34.4. The van der Waals surface area contributed by atoms with E-state index in [2.05, 4.69) is 10.6 Å². The minimum absolute atomic E-state index is 0.0658. The molecule has 0 saturated carbocycles. The lowest BCUT2D eigenvalue weighted by molar-refractivity contribution is -0.148. The van der Waals surface area contributed by atoms with Crippen molar-refractivity contribution in [3.05, 3.63) is 48.0 Å². The molecule has 1 saturated heterocycles. The van der Waals surface area contributed by atoms with Gasteiger partial charge in [0.2, 0.25) is 0 Å². The Morgan fingerprint density at radius 3 is 2.62 bits per heavy atom. The fourth-order valence-corrected chi connectivity index (χ4v) is 2.71. The molecule has 24 heavy (non-hydrogen) atoms. The largest absolute Gasteiger partial charge is 0.458 e. The third-order valence-electron chi connectivity index (χ3n) is 4.05. The minimum Gasteiger partial charge on any atom is -0.458 e. The van der Waals surface area contributed by atoms with Crippen LogP contribution in [0.1, 0.15) is 31.4 Å². The average Bonchev–Trinajstić information content (AvgIpc) is 2.90. The Kier molecular flexibility index (Phi) is 4.46. The Morgan fingerprint density at radius 1 is 1.17 bits per heavy atom. The van der Waals surface area contributed by atoms with Crippen LogP contribution in [-0.4, -0.2) is 23.9 Å². The van der Waals surface area contributed by atoms with E-state index in [9.17, 15) is 14.4 Å². The quantitative estimate of drug-likeness (QED) is 0.653. The maximum atomic E-state index is 12.0. The van der Waals surface area contributed by atoms with E-state index in [-0.39, 0.29) is 18.9 Å². The zero-order valence-corrected chi connectivity index (χ0v) is 13.2. The van der Waals surface area contributed by atoms with E-state index in [1.807, 2.05) is 49.4 Å². The highest BCUT2D eigenvalue weighted by Gasteiger charge is 2.29. The molecule has 0 radical (unpaired) electrons. The van der Waals surface area contributed by atoms with Gasteiger partial charge in [0, 0.05) is 6.42 Å². The van der Waals surface area contributed by atoms with Crippen molar-refractivity contribution in [2.75, 3.05) is 0 Å². The molecule has 0 spiro atoms. The standard InChI is InChI=1S/C18H18N2O4/c1-11(13-7-6-12-4-2-3-5-14(12)10-13)24-16(21)9-8-15-17(22)20-18(23)19-15/h2-7,10-11,15H,8-9H2,1H3,(H2,19,20,22,23)/t11-,15+/m1/s1. The number of imide groups is 1. The van der Waals surface area contributed by atoms with Crippen LogP contribution in [0.15, 0.2) is 42.5 Å². The van der Waals surface area contributed by atoms with Gasteiger partial charge >= 0.3 is 12.0 Å². The predicted molar refractivity (Wildman–Crippen MR) is 88.2 cm³/mol. The fraction of sp³-hybridized carbons (Fsp3) is 0.278. The van der Waals surface area contributed by atoms with E-state index in [0.29, 0.717) is 0 Å². The maximum Gasteiger partial charge on any atom is 0.322 e.